The van der Waals surface area contributed by atoms with Crippen LogP contribution in [-0.2, 0) is 0 Å². The number of nitriles is 1. The third kappa shape index (κ3) is 2.17. The van der Waals surface area contributed by atoms with E-state index in [1.807, 2.05) is 24.3 Å². The molecule has 1 aliphatic rings. The number of hydrogen-bond donors (Lipinski definition) is 1. The molecule has 0 radical (unpaired) electrons. The lowest BCUT2D eigenvalue weighted by atomic mass is 9.92. The summed E-state index contributed by atoms with van der Waals surface area (Å²) in [6.45, 7) is 0. The minimum absolute atomic E-state index is 0.302. The highest BCUT2D eigenvalue weighted by Gasteiger charge is 2.36. The molecule has 2 unspecified atom stereocenters. The van der Waals surface area contributed by atoms with Crippen LogP contribution in [0, 0.1) is 17.2 Å². The van der Waals surface area contributed by atoms with Gasteiger partial charge >= 0.3 is 0 Å². The molecular weight excluding hydrogens is 202 g/mol. The minimum atomic E-state index is -0.544. The normalized spacial score (nSPS) is 18.6. The average molecular weight is 217 g/mol. The van der Waals surface area contributed by atoms with Gasteiger partial charge in [0.2, 0.25) is 0 Å². The molecule has 1 N–H and O–H groups in total. The van der Waals surface area contributed by atoms with Crippen LogP contribution in [0.25, 0.3) is 0 Å². The highest BCUT2D eigenvalue weighted by molar-refractivity contribution is 5.34. The van der Waals surface area contributed by atoms with Crippen molar-refractivity contribution in [2.24, 2.45) is 5.92 Å². The van der Waals surface area contributed by atoms with Crippen molar-refractivity contribution in [2.45, 2.75) is 24.9 Å². The summed E-state index contributed by atoms with van der Waals surface area (Å²) in [5.41, 5.74) is 0.834. The smallest absolute Gasteiger partial charge is 0.119 e. The van der Waals surface area contributed by atoms with E-state index in [1.165, 1.54) is 0 Å². The summed E-state index contributed by atoms with van der Waals surface area (Å²) in [5, 5.41) is 19.1. The first-order valence-electron chi connectivity index (χ1n) is 5.48. The van der Waals surface area contributed by atoms with Gasteiger partial charge in [-0.05, 0) is 36.5 Å². The molecule has 3 nitrogen and oxygen atoms in total. The Hall–Kier alpha value is -1.53. The van der Waals surface area contributed by atoms with Crippen molar-refractivity contribution < 1.29 is 9.84 Å². The van der Waals surface area contributed by atoms with E-state index in [9.17, 15) is 5.11 Å². The van der Waals surface area contributed by atoms with Crippen LogP contribution in [0.3, 0.4) is 0 Å². The lowest BCUT2D eigenvalue weighted by Crippen LogP contribution is -2.19. The molecule has 0 aromatic heterocycles. The van der Waals surface area contributed by atoms with Crippen molar-refractivity contribution in [1.82, 2.24) is 0 Å². The van der Waals surface area contributed by atoms with Gasteiger partial charge in [0.25, 0.3) is 0 Å². The Kier molecular flexibility index (Phi) is 3.12. The van der Waals surface area contributed by atoms with Gasteiger partial charge in [0.1, 0.15) is 5.75 Å². The molecule has 16 heavy (non-hydrogen) atoms. The van der Waals surface area contributed by atoms with E-state index < -0.39 is 12.0 Å². The average Bonchev–Trinajstić information content (AvgIpc) is 3.14. The van der Waals surface area contributed by atoms with Crippen molar-refractivity contribution in [3.8, 4) is 11.8 Å². The van der Waals surface area contributed by atoms with E-state index in [2.05, 4.69) is 6.07 Å². The van der Waals surface area contributed by atoms with E-state index >= 15 is 0 Å². The maximum Gasteiger partial charge on any atom is 0.119 e. The first kappa shape index (κ1) is 11.0. The zero-order valence-electron chi connectivity index (χ0n) is 9.26. The summed E-state index contributed by atoms with van der Waals surface area (Å²) in [6, 6.07) is 9.55. The predicted octanol–water partition coefficient (Wildman–Crippen LogP) is 2.07. The van der Waals surface area contributed by atoms with Crippen molar-refractivity contribution in [2.75, 3.05) is 7.11 Å². The van der Waals surface area contributed by atoms with Crippen LogP contribution in [0.2, 0.25) is 0 Å². The molecule has 2 atom stereocenters. The molecule has 1 saturated carbocycles. The molecule has 1 fully saturated rings. The fourth-order valence-electron chi connectivity index (χ4n) is 1.89. The van der Waals surface area contributed by atoms with E-state index in [-0.39, 0.29) is 0 Å². The maximum atomic E-state index is 10.0. The number of methoxy groups -OCH3 is 1. The first-order valence-corrected chi connectivity index (χ1v) is 5.48. The van der Waals surface area contributed by atoms with Gasteiger partial charge in [-0.2, -0.15) is 5.26 Å². The van der Waals surface area contributed by atoms with E-state index in [4.69, 9.17) is 10.00 Å². The van der Waals surface area contributed by atoms with Crippen LogP contribution in [0.1, 0.15) is 24.3 Å². The fourth-order valence-corrected chi connectivity index (χ4v) is 1.89. The van der Waals surface area contributed by atoms with Crippen LogP contribution in [0.4, 0.5) is 0 Å². The highest BCUT2D eigenvalue weighted by atomic mass is 16.5. The molecule has 1 aliphatic carbocycles. The Morgan fingerprint density at radius 1 is 1.50 bits per heavy atom. The van der Waals surface area contributed by atoms with Crippen molar-refractivity contribution in [3.05, 3.63) is 29.8 Å². The molecule has 0 amide bonds. The van der Waals surface area contributed by atoms with E-state index in [0.717, 1.165) is 24.2 Å². The van der Waals surface area contributed by atoms with Gasteiger partial charge in [0.05, 0.1) is 25.2 Å². The van der Waals surface area contributed by atoms with Gasteiger partial charge in [0, 0.05) is 0 Å². The summed E-state index contributed by atoms with van der Waals surface area (Å²) in [6.07, 6.45) is 1.52. The van der Waals surface area contributed by atoms with Crippen LogP contribution < -0.4 is 4.74 Å². The van der Waals surface area contributed by atoms with Crippen LogP contribution >= 0.6 is 0 Å². The largest absolute Gasteiger partial charge is 0.497 e. The SMILES string of the molecule is COc1cccc(C(C#N)C(O)C2CC2)c1. The van der Waals surface area contributed by atoms with Crippen LogP contribution in [0.5, 0.6) is 5.75 Å². The van der Waals surface area contributed by atoms with Crippen LogP contribution in [-0.4, -0.2) is 18.3 Å². The number of rotatable bonds is 4. The lowest BCUT2D eigenvalue weighted by molar-refractivity contribution is 0.138. The highest BCUT2D eigenvalue weighted by Crippen LogP contribution is 2.39. The second kappa shape index (κ2) is 4.54. The maximum absolute atomic E-state index is 10.0. The van der Waals surface area contributed by atoms with E-state index in [1.54, 1.807) is 7.11 Å². The number of nitrogens with zero attached hydrogens (tertiary/aromatic N) is 1. The number of aliphatic hydroxyl groups is 1. The Labute approximate surface area is 95.3 Å². The summed E-state index contributed by atoms with van der Waals surface area (Å²) < 4.78 is 5.11. The molecule has 2 rings (SSSR count). The van der Waals surface area contributed by atoms with E-state index in [0.29, 0.717) is 5.92 Å². The van der Waals surface area contributed by atoms with Gasteiger partial charge in [-0.25, -0.2) is 0 Å². The van der Waals surface area contributed by atoms with Gasteiger partial charge in [-0.1, -0.05) is 12.1 Å². The zero-order chi connectivity index (χ0) is 11.5. The molecule has 1 aromatic rings. The molecule has 0 aliphatic heterocycles. The van der Waals surface area contributed by atoms with Crippen molar-refractivity contribution in [3.63, 3.8) is 0 Å². The monoisotopic (exact) mass is 217 g/mol. The number of aliphatic hydroxyl groups excluding tert-OH is 1. The Morgan fingerprint density at radius 3 is 2.81 bits per heavy atom. The first-order chi connectivity index (χ1) is 7.76. The number of ether oxygens (including phenoxy) is 1. The fraction of sp³-hybridized carbons (Fsp3) is 0.462. The lowest BCUT2D eigenvalue weighted by Gasteiger charge is -2.16. The summed E-state index contributed by atoms with van der Waals surface area (Å²) in [4.78, 5) is 0. The summed E-state index contributed by atoms with van der Waals surface area (Å²) in [5.74, 6) is 0.583. The number of benzene rings is 1. The number of hydrogen-bond acceptors (Lipinski definition) is 3. The standard InChI is InChI=1S/C13H15NO2/c1-16-11-4-2-3-10(7-11)12(8-14)13(15)9-5-6-9/h2-4,7,9,12-13,15H,5-6H2,1H3. The van der Waals surface area contributed by atoms with Crippen molar-refractivity contribution in [1.29, 1.82) is 5.26 Å². The molecule has 0 saturated heterocycles. The predicted molar refractivity (Wildman–Crippen MR) is 60.1 cm³/mol. The third-order valence-electron chi connectivity index (χ3n) is 3.04. The van der Waals surface area contributed by atoms with Gasteiger partial charge in [-0.15, -0.1) is 0 Å². The van der Waals surface area contributed by atoms with Crippen molar-refractivity contribution >= 4 is 0 Å². The van der Waals surface area contributed by atoms with Crippen LogP contribution in [0.15, 0.2) is 24.3 Å². The Balaban J connectivity index is 2.22. The molecule has 0 heterocycles. The molecule has 84 valence electrons. The molecular formula is C13H15NO2. The Bertz CT molecular complexity index is 407. The van der Waals surface area contributed by atoms with Gasteiger partial charge in [0.15, 0.2) is 0 Å². The minimum Gasteiger partial charge on any atom is -0.497 e. The second-order valence-corrected chi connectivity index (χ2v) is 4.21. The van der Waals surface area contributed by atoms with Gasteiger partial charge in [-0.3, -0.25) is 0 Å². The molecule has 1 aromatic carbocycles. The second-order valence-electron chi connectivity index (χ2n) is 4.21. The Morgan fingerprint density at radius 2 is 2.25 bits per heavy atom. The zero-order valence-corrected chi connectivity index (χ0v) is 9.26. The molecule has 0 bridgehead atoms. The topological polar surface area (TPSA) is 53.2 Å². The summed E-state index contributed by atoms with van der Waals surface area (Å²) in [7, 11) is 1.60. The molecule has 3 heteroatoms. The van der Waals surface area contributed by atoms with Gasteiger partial charge < -0.3 is 9.84 Å². The third-order valence-corrected chi connectivity index (χ3v) is 3.04. The quantitative estimate of drug-likeness (QED) is 0.840. The summed E-state index contributed by atoms with van der Waals surface area (Å²) >= 11 is 0. The molecule has 0 spiro atoms.